The number of para-hydroxylation sites is 2. The van der Waals surface area contributed by atoms with Crippen LogP contribution in [0.1, 0.15) is 15.9 Å². The first-order chi connectivity index (χ1) is 10.1. The summed E-state index contributed by atoms with van der Waals surface area (Å²) in [5.74, 6) is -0.636. The van der Waals surface area contributed by atoms with Gasteiger partial charge in [0.05, 0.1) is 10.7 Å². The second-order valence-corrected chi connectivity index (χ2v) is 4.92. The van der Waals surface area contributed by atoms with Gasteiger partial charge in [0.15, 0.2) is 0 Å². The molecule has 0 amide bonds. The highest BCUT2D eigenvalue weighted by Gasteiger charge is 2.09. The van der Waals surface area contributed by atoms with E-state index in [1.165, 1.54) is 6.07 Å². The lowest BCUT2D eigenvalue weighted by atomic mass is 10.2. The lowest BCUT2D eigenvalue weighted by molar-refractivity contribution is 0.0692. The lowest BCUT2D eigenvalue weighted by Gasteiger charge is -2.13. The predicted octanol–water partition coefficient (Wildman–Crippen LogP) is 3.84. The SMILES string of the molecule is Cc1cccc(Cl)c1NCCOc1ccccc1C(=O)O. The standard InChI is InChI=1S/C16H16ClNO3/c1-11-5-4-7-13(17)15(11)18-9-10-21-14-8-3-2-6-12(14)16(19)20/h2-8,18H,9-10H2,1H3,(H,19,20). The van der Waals surface area contributed by atoms with E-state index in [2.05, 4.69) is 5.32 Å². The average Bonchev–Trinajstić information content (AvgIpc) is 2.46. The largest absolute Gasteiger partial charge is 0.491 e. The summed E-state index contributed by atoms with van der Waals surface area (Å²) >= 11 is 6.11. The van der Waals surface area contributed by atoms with E-state index in [4.69, 9.17) is 21.4 Å². The van der Waals surface area contributed by atoms with Crippen molar-refractivity contribution in [2.75, 3.05) is 18.5 Å². The van der Waals surface area contributed by atoms with Gasteiger partial charge in [0.2, 0.25) is 0 Å². The molecule has 0 saturated heterocycles. The van der Waals surface area contributed by atoms with Gasteiger partial charge in [-0.3, -0.25) is 0 Å². The van der Waals surface area contributed by atoms with Crippen molar-refractivity contribution in [1.82, 2.24) is 0 Å². The minimum atomic E-state index is -1.000. The maximum Gasteiger partial charge on any atom is 0.339 e. The fourth-order valence-corrected chi connectivity index (χ4v) is 2.25. The third-order valence-corrected chi connectivity index (χ3v) is 3.32. The predicted molar refractivity (Wildman–Crippen MR) is 83.6 cm³/mol. The van der Waals surface area contributed by atoms with Crippen molar-refractivity contribution in [3.05, 3.63) is 58.6 Å². The Kier molecular flexibility index (Phi) is 5.06. The molecule has 5 heteroatoms. The average molecular weight is 306 g/mol. The number of hydrogen-bond donors (Lipinski definition) is 2. The first-order valence-electron chi connectivity index (χ1n) is 6.53. The maximum atomic E-state index is 11.1. The summed E-state index contributed by atoms with van der Waals surface area (Å²) in [7, 11) is 0. The number of hydrogen-bond acceptors (Lipinski definition) is 3. The normalized spacial score (nSPS) is 10.2. The van der Waals surface area contributed by atoms with Crippen molar-refractivity contribution < 1.29 is 14.6 Å². The second-order valence-electron chi connectivity index (χ2n) is 4.51. The molecule has 0 atom stereocenters. The molecule has 2 aromatic carbocycles. The molecule has 0 aliphatic rings. The van der Waals surface area contributed by atoms with E-state index in [0.717, 1.165) is 11.3 Å². The number of carboxylic acids is 1. The van der Waals surface area contributed by atoms with Gasteiger partial charge in [-0.05, 0) is 30.7 Å². The first-order valence-corrected chi connectivity index (χ1v) is 6.91. The molecule has 2 rings (SSSR count). The molecule has 0 heterocycles. The Hall–Kier alpha value is -2.20. The van der Waals surface area contributed by atoms with Crippen molar-refractivity contribution >= 4 is 23.3 Å². The molecule has 0 radical (unpaired) electrons. The summed E-state index contributed by atoms with van der Waals surface area (Å²) < 4.78 is 5.51. The Balaban J connectivity index is 1.92. The quantitative estimate of drug-likeness (QED) is 0.796. The van der Waals surface area contributed by atoms with Gasteiger partial charge in [-0.2, -0.15) is 0 Å². The van der Waals surface area contributed by atoms with Gasteiger partial charge in [-0.1, -0.05) is 35.9 Å². The number of carbonyl (C=O) groups is 1. The number of rotatable bonds is 6. The number of aryl methyl sites for hydroxylation is 1. The Morgan fingerprint density at radius 1 is 1.24 bits per heavy atom. The molecule has 0 unspecified atom stereocenters. The molecule has 2 N–H and O–H groups in total. The summed E-state index contributed by atoms with van der Waals surface area (Å²) in [6.45, 7) is 2.84. The van der Waals surface area contributed by atoms with Crippen LogP contribution >= 0.6 is 11.6 Å². The van der Waals surface area contributed by atoms with Crippen LogP contribution in [0.4, 0.5) is 5.69 Å². The number of aromatic carboxylic acids is 1. The van der Waals surface area contributed by atoms with Gasteiger partial charge in [-0.25, -0.2) is 4.79 Å². The van der Waals surface area contributed by atoms with Crippen molar-refractivity contribution in [2.24, 2.45) is 0 Å². The van der Waals surface area contributed by atoms with Gasteiger partial charge in [0, 0.05) is 6.54 Å². The highest BCUT2D eigenvalue weighted by molar-refractivity contribution is 6.33. The number of halogens is 1. The monoisotopic (exact) mass is 305 g/mol. The van der Waals surface area contributed by atoms with Crippen LogP contribution in [-0.4, -0.2) is 24.2 Å². The molecule has 0 spiro atoms. The fraction of sp³-hybridized carbons (Fsp3) is 0.188. The fourth-order valence-electron chi connectivity index (χ4n) is 1.96. The van der Waals surface area contributed by atoms with Crippen molar-refractivity contribution in [3.8, 4) is 5.75 Å². The summed E-state index contributed by atoms with van der Waals surface area (Å²) in [6, 6.07) is 12.2. The molecule has 110 valence electrons. The van der Waals surface area contributed by atoms with Crippen molar-refractivity contribution in [2.45, 2.75) is 6.92 Å². The lowest BCUT2D eigenvalue weighted by Crippen LogP contribution is -2.14. The van der Waals surface area contributed by atoms with Crippen LogP contribution in [-0.2, 0) is 0 Å². The summed E-state index contributed by atoms with van der Waals surface area (Å²) in [5.41, 5.74) is 2.08. The number of anilines is 1. The van der Waals surface area contributed by atoms with Gasteiger partial charge >= 0.3 is 5.97 Å². The minimum absolute atomic E-state index is 0.159. The van der Waals surface area contributed by atoms with Crippen LogP contribution < -0.4 is 10.1 Å². The molecule has 0 fully saturated rings. The van der Waals surface area contributed by atoms with Crippen LogP contribution in [0.3, 0.4) is 0 Å². The van der Waals surface area contributed by atoms with Crippen LogP contribution in [0.2, 0.25) is 5.02 Å². The molecule has 4 nitrogen and oxygen atoms in total. The molecule has 0 aromatic heterocycles. The van der Waals surface area contributed by atoms with Crippen LogP contribution in [0.25, 0.3) is 0 Å². The van der Waals surface area contributed by atoms with E-state index < -0.39 is 5.97 Å². The second kappa shape index (κ2) is 6.99. The Morgan fingerprint density at radius 3 is 2.71 bits per heavy atom. The number of benzene rings is 2. The van der Waals surface area contributed by atoms with E-state index in [1.54, 1.807) is 18.2 Å². The van der Waals surface area contributed by atoms with Gasteiger partial charge in [0.1, 0.15) is 17.9 Å². The molecule has 0 aliphatic heterocycles. The Morgan fingerprint density at radius 2 is 2.00 bits per heavy atom. The van der Waals surface area contributed by atoms with Crippen LogP contribution in [0.15, 0.2) is 42.5 Å². The summed E-state index contributed by atoms with van der Waals surface area (Å²) in [5, 5.41) is 12.9. The van der Waals surface area contributed by atoms with Gasteiger partial charge in [0.25, 0.3) is 0 Å². The zero-order valence-corrected chi connectivity index (χ0v) is 12.4. The van der Waals surface area contributed by atoms with E-state index >= 15 is 0 Å². The Labute approximate surface area is 128 Å². The molecule has 0 saturated carbocycles. The highest BCUT2D eigenvalue weighted by atomic mass is 35.5. The zero-order chi connectivity index (χ0) is 15.2. The molecular weight excluding hydrogens is 290 g/mol. The van der Waals surface area contributed by atoms with Crippen molar-refractivity contribution in [3.63, 3.8) is 0 Å². The van der Waals surface area contributed by atoms with E-state index in [-0.39, 0.29) is 5.56 Å². The molecule has 0 bridgehead atoms. The molecule has 2 aromatic rings. The topological polar surface area (TPSA) is 58.6 Å². The minimum Gasteiger partial charge on any atom is -0.491 e. The van der Waals surface area contributed by atoms with Crippen molar-refractivity contribution in [1.29, 1.82) is 0 Å². The van der Waals surface area contributed by atoms with Crippen LogP contribution in [0, 0.1) is 6.92 Å². The summed E-state index contributed by atoms with van der Waals surface area (Å²) in [4.78, 5) is 11.1. The van der Waals surface area contributed by atoms with Gasteiger partial charge < -0.3 is 15.2 Å². The molecule has 21 heavy (non-hydrogen) atoms. The highest BCUT2D eigenvalue weighted by Crippen LogP contribution is 2.25. The molecule has 0 aliphatic carbocycles. The first kappa shape index (κ1) is 15.2. The Bertz CT molecular complexity index is 623. The van der Waals surface area contributed by atoms with E-state index in [1.807, 2.05) is 25.1 Å². The summed E-state index contributed by atoms with van der Waals surface area (Å²) in [6.07, 6.45) is 0. The van der Waals surface area contributed by atoms with E-state index in [0.29, 0.717) is 23.9 Å². The maximum absolute atomic E-state index is 11.1. The smallest absolute Gasteiger partial charge is 0.339 e. The van der Waals surface area contributed by atoms with E-state index in [9.17, 15) is 4.79 Å². The zero-order valence-electron chi connectivity index (χ0n) is 11.6. The number of carboxylic acid groups (broad SMARTS) is 1. The third kappa shape index (κ3) is 3.89. The number of ether oxygens (including phenoxy) is 1. The number of nitrogens with one attached hydrogen (secondary N) is 1. The third-order valence-electron chi connectivity index (χ3n) is 3.00. The van der Waals surface area contributed by atoms with Gasteiger partial charge in [-0.15, -0.1) is 0 Å². The van der Waals surface area contributed by atoms with Crippen LogP contribution in [0.5, 0.6) is 5.75 Å². The molecular formula is C16H16ClNO3.